The lowest BCUT2D eigenvalue weighted by Crippen LogP contribution is -2.06. The molecule has 0 aliphatic carbocycles. The van der Waals surface area contributed by atoms with Crippen LogP contribution in [0.25, 0.3) is 11.0 Å². The fraction of sp³-hybridized carbons (Fsp3) is 0.333. The first kappa shape index (κ1) is 8.26. The van der Waals surface area contributed by atoms with Gasteiger partial charge in [-0.2, -0.15) is 0 Å². The van der Waals surface area contributed by atoms with E-state index in [9.17, 15) is 0 Å². The molecule has 0 radical (unpaired) electrons. The number of aromatic nitrogens is 3. The van der Waals surface area contributed by atoms with Crippen LogP contribution in [0.15, 0.2) is 24.3 Å². The van der Waals surface area contributed by atoms with Crippen LogP contribution in [0.4, 0.5) is 0 Å². The third-order valence-corrected chi connectivity index (χ3v) is 3.20. The summed E-state index contributed by atoms with van der Waals surface area (Å²) in [6, 6.07) is 7.92. The van der Waals surface area contributed by atoms with Crippen LogP contribution in [0.5, 0.6) is 0 Å². The van der Waals surface area contributed by atoms with Crippen molar-refractivity contribution in [3.8, 4) is 0 Å². The van der Waals surface area contributed by atoms with Crippen LogP contribution in [-0.2, 0) is 4.74 Å². The molecule has 2 aromatic rings. The molecule has 0 amide bonds. The monoisotopic (exact) mass is 207 g/mol. The van der Waals surface area contributed by atoms with Crippen LogP contribution in [0.3, 0.4) is 0 Å². The van der Waals surface area contributed by atoms with Gasteiger partial charge in [0.15, 0.2) is 0 Å². The number of thioether (sulfide) groups is 1. The minimum absolute atomic E-state index is 0.00222. The molecule has 0 spiro atoms. The van der Waals surface area contributed by atoms with Crippen molar-refractivity contribution < 1.29 is 4.74 Å². The first-order valence-corrected chi connectivity index (χ1v) is 5.53. The third kappa shape index (κ3) is 1.20. The predicted octanol–water partition coefficient (Wildman–Crippen LogP) is 1.65. The number of hydrogen-bond acceptors (Lipinski definition) is 4. The van der Waals surface area contributed by atoms with Crippen LogP contribution in [0.2, 0.25) is 0 Å². The second kappa shape index (κ2) is 3.25. The summed E-state index contributed by atoms with van der Waals surface area (Å²) in [5.74, 6) is 1.03. The standard InChI is InChI=1S/C9H9N3OS/c1-2-4-8-7(3-1)10-11-12(8)9-13-5-6-14-9/h1-4,9H,5-6H2. The summed E-state index contributed by atoms with van der Waals surface area (Å²) >= 11 is 1.75. The van der Waals surface area contributed by atoms with E-state index in [-0.39, 0.29) is 5.56 Å². The topological polar surface area (TPSA) is 39.9 Å². The van der Waals surface area contributed by atoms with E-state index in [1.165, 1.54) is 0 Å². The number of benzene rings is 1. The molecule has 2 heterocycles. The summed E-state index contributed by atoms with van der Waals surface area (Å²) in [4.78, 5) is 0. The Morgan fingerprint density at radius 3 is 3.21 bits per heavy atom. The van der Waals surface area contributed by atoms with E-state index < -0.39 is 0 Å². The molecule has 72 valence electrons. The highest BCUT2D eigenvalue weighted by atomic mass is 32.2. The molecule has 14 heavy (non-hydrogen) atoms. The molecule has 0 N–H and O–H groups in total. The highest BCUT2D eigenvalue weighted by Gasteiger charge is 2.20. The fourth-order valence-corrected chi connectivity index (χ4v) is 2.41. The highest BCUT2D eigenvalue weighted by Crippen LogP contribution is 2.31. The van der Waals surface area contributed by atoms with Crippen molar-refractivity contribution in [2.45, 2.75) is 5.56 Å². The molecule has 1 atom stereocenters. The first-order valence-electron chi connectivity index (χ1n) is 4.48. The smallest absolute Gasteiger partial charge is 0.200 e. The van der Waals surface area contributed by atoms with Gasteiger partial charge in [-0.1, -0.05) is 17.3 Å². The maximum absolute atomic E-state index is 5.53. The number of ether oxygens (including phenoxy) is 1. The van der Waals surface area contributed by atoms with Gasteiger partial charge >= 0.3 is 0 Å². The van der Waals surface area contributed by atoms with Crippen LogP contribution in [0, 0.1) is 0 Å². The van der Waals surface area contributed by atoms with E-state index in [1.807, 2.05) is 28.9 Å². The number of rotatable bonds is 1. The molecular weight excluding hydrogens is 198 g/mol. The normalized spacial score (nSPS) is 21.9. The summed E-state index contributed by atoms with van der Waals surface area (Å²) in [6.45, 7) is 0.795. The van der Waals surface area contributed by atoms with Crippen molar-refractivity contribution in [3.05, 3.63) is 24.3 Å². The van der Waals surface area contributed by atoms with E-state index in [2.05, 4.69) is 10.3 Å². The van der Waals surface area contributed by atoms with Crippen molar-refractivity contribution in [2.24, 2.45) is 0 Å². The summed E-state index contributed by atoms with van der Waals surface area (Å²) in [5, 5.41) is 8.18. The van der Waals surface area contributed by atoms with Crippen LogP contribution >= 0.6 is 11.8 Å². The first-order chi connectivity index (χ1) is 6.95. The average molecular weight is 207 g/mol. The largest absolute Gasteiger partial charge is 0.346 e. The Morgan fingerprint density at radius 2 is 2.36 bits per heavy atom. The quantitative estimate of drug-likeness (QED) is 0.713. The molecule has 0 saturated carbocycles. The Bertz CT molecular complexity index is 450. The molecule has 1 aromatic carbocycles. The predicted molar refractivity (Wildman–Crippen MR) is 55.0 cm³/mol. The molecule has 3 rings (SSSR count). The van der Waals surface area contributed by atoms with E-state index in [0.29, 0.717) is 0 Å². The van der Waals surface area contributed by atoms with Gasteiger partial charge in [0.25, 0.3) is 0 Å². The Balaban J connectivity index is 2.11. The zero-order chi connectivity index (χ0) is 9.38. The molecule has 1 aromatic heterocycles. The zero-order valence-electron chi connectivity index (χ0n) is 7.46. The van der Waals surface area contributed by atoms with Crippen LogP contribution < -0.4 is 0 Å². The molecule has 1 aliphatic heterocycles. The van der Waals surface area contributed by atoms with E-state index in [1.54, 1.807) is 11.8 Å². The van der Waals surface area contributed by atoms with Gasteiger partial charge in [-0.15, -0.1) is 16.9 Å². The molecule has 4 nitrogen and oxygen atoms in total. The second-order valence-corrected chi connectivity index (χ2v) is 4.22. The number of hydrogen-bond donors (Lipinski definition) is 0. The van der Waals surface area contributed by atoms with Crippen LogP contribution in [-0.4, -0.2) is 27.4 Å². The summed E-state index contributed by atoms with van der Waals surface area (Å²) in [6.07, 6.45) is 0. The SMILES string of the molecule is c1ccc2c(c1)nnn2C1OCCS1. The Morgan fingerprint density at radius 1 is 1.43 bits per heavy atom. The minimum atomic E-state index is 0.00222. The molecule has 0 bridgehead atoms. The Hall–Kier alpha value is -1.07. The van der Waals surface area contributed by atoms with E-state index >= 15 is 0 Å². The van der Waals surface area contributed by atoms with Gasteiger partial charge in [0.1, 0.15) is 5.52 Å². The van der Waals surface area contributed by atoms with Gasteiger partial charge in [0.2, 0.25) is 5.56 Å². The van der Waals surface area contributed by atoms with Crippen molar-refractivity contribution in [3.63, 3.8) is 0 Å². The minimum Gasteiger partial charge on any atom is -0.346 e. The van der Waals surface area contributed by atoms with Gasteiger partial charge < -0.3 is 4.74 Å². The summed E-state index contributed by atoms with van der Waals surface area (Å²) in [7, 11) is 0. The maximum Gasteiger partial charge on any atom is 0.200 e. The zero-order valence-corrected chi connectivity index (χ0v) is 8.28. The van der Waals surface area contributed by atoms with Gasteiger partial charge in [-0.05, 0) is 12.1 Å². The molecule has 1 aliphatic rings. The second-order valence-electron chi connectivity index (χ2n) is 3.07. The van der Waals surface area contributed by atoms with E-state index in [4.69, 9.17) is 4.74 Å². The van der Waals surface area contributed by atoms with Gasteiger partial charge in [0, 0.05) is 5.75 Å². The van der Waals surface area contributed by atoms with Crippen molar-refractivity contribution in [1.29, 1.82) is 0 Å². The van der Waals surface area contributed by atoms with Crippen LogP contribution in [0.1, 0.15) is 5.56 Å². The van der Waals surface area contributed by atoms with Gasteiger partial charge in [-0.25, -0.2) is 4.68 Å². The Kier molecular flexibility index (Phi) is 1.92. The lowest BCUT2D eigenvalue weighted by Gasteiger charge is -2.08. The lowest BCUT2D eigenvalue weighted by atomic mass is 10.3. The number of para-hydroxylation sites is 1. The molecular formula is C9H9N3OS. The number of nitrogens with zero attached hydrogens (tertiary/aromatic N) is 3. The Labute approximate surface area is 85.2 Å². The number of fused-ring (bicyclic) bond motifs is 1. The molecule has 1 fully saturated rings. The summed E-state index contributed by atoms with van der Waals surface area (Å²) in [5.41, 5.74) is 1.96. The van der Waals surface area contributed by atoms with Gasteiger partial charge in [-0.3, -0.25) is 0 Å². The van der Waals surface area contributed by atoms with Crippen molar-refractivity contribution in [1.82, 2.24) is 15.0 Å². The van der Waals surface area contributed by atoms with E-state index in [0.717, 1.165) is 23.4 Å². The average Bonchev–Trinajstić information content (AvgIpc) is 2.85. The third-order valence-electron chi connectivity index (χ3n) is 2.18. The van der Waals surface area contributed by atoms with Crippen molar-refractivity contribution >= 4 is 22.8 Å². The fourth-order valence-electron chi connectivity index (χ4n) is 1.53. The molecule has 1 saturated heterocycles. The van der Waals surface area contributed by atoms with Crippen molar-refractivity contribution in [2.75, 3.05) is 12.4 Å². The lowest BCUT2D eigenvalue weighted by molar-refractivity contribution is 0.0895. The van der Waals surface area contributed by atoms with Gasteiger partial charge in [0.05, 0.1) is 12.1 Å². The molecule has 1 unspecified atom stereocenters. The highest BCUT2D eigenvalue weighted by molar-refractivity contribution is 7.99. The maximum atomic E-state index is 5.53. The molecule has 5 heteroatoms. The summed E-state index contributed by atoms with van der Waals surface area (Å²) < 4.78 is 7.37.